The zero-order valence-electron chi connectivity index (χ0n) is 18.3. The molecule has 0 saturated carbocycles. The van der Waals surface area contributed by atoms with Gasteiger partial charge in [0.1, 0.15) is 23.4 Å². The van der Waals surface area contributed by atoms with Gasteiger partial charge in [-0.1, -0.05) is 6.07 Å². The molecular formula is C20H18F2N8O5S. The first-order valence-electron chi connectivity index (χ1n) is 10.1. The maximum Gasteiger partial charge on any atom is 0.355 e. The van der Waals surface area contributed by atoms with Gasteiger partial charge in [0.15, 0.2) is 11.9 Å². The summed E-state index contributed by atoms with van der Waals surface area (Å²) in [7, 11) is -5.01. The molecular weight excluding hydrogens is 502 g/mol. The molecule has 5 N–H and O–H groups in total. The highest BCUT2D eigenvalue weighted by molar-refractivity contribution is 7.93. The average Bonchev–Trinajstić information content (AvgIpc) is 3.51. The third-order valence-corrected chi connectivity index (χ3v) is 5.66. The van der Waals surface area contributed by atoms with Crippen molar-refractivity contribution in [2.24, 2.45) is 5.73 Å². The van der Waals surface area contributed by atoms with Crippen molar-refractivity contribution in [2.75, 3.05) is 10.0 Å². The monoisotopic (exact) mass is 520 g/mol. The van der Waals surface area contributed by atoms with Crippen molar-refractivity contribution >= 4 is 33.3 Å². The molecule has 3 aromatic heterocycles. The Morgan fingerprint density at radius 3 is 2.67 bits per heavy atom. The first kappa shape index (κ1) is 24.5. The third kappa shape index (κ3) is 5.22. The van der Waals surface area contributed by atoms with Gasteiger partial charge in [-0.2, -0.15) is 13.9 Å². The first-order valence-corrected chi connectivity index (χ1v) is 11.6. The number of aromatic nitrogens is 5. The zero-order valence-corrected chi connectivity index (χ0v) is 19.2. The van der Waals surface area contributed by atoms with Gasteiger partial charge >= 0.3 is 5.76 Å². The van der Waals surface area contributed by atoms with E-state index in [0.717, 1.165) is 0 Å². The number of hydrogen-bond acceptors (Lipinski definition) is 10. The zero-order chi connectivity index (χ0) is 25.9. The standard InChI is InChI=1S/C20H18F2N8O5S/c1-10(19-26-6-7-34-19)35-13-8-11(2-3-12(13)30-36(32,33)20(21)22)16-15(17(23)31)18(29-28-16)27-14-9-24-4-5-25-14/h2-10,20,30H,1H3,(H2,23,31)(H2,25,27,28,29)/t10-/m0/s1. The largest absolute Gasteiger partial charge is 0.479 e. The summed E-state index contributed by atoms with van der Waals surface area (Å²) in [6.07, 6.45) is 6.14. The Bertz CT molecular complexity index is 1460. The van der Waals surface area contributed by atoms with Crippen LogP contribution in [0, 0.1) is 0 Å². The number of ether oxygens (including phenoxy) is 1. The lowest BCUT2D eigenvalue weighted by atomic mass is 10.1. The molecule has 0 saturated heterocycles. The summed E-state index contributed by atoms with van der Waals surface area (Å²) in [5.74, 6) is -4.19. The average molecular weight is 520 g/mol. The van der Waals surface area contributed by atoms with Crippen LogP contribution in [0.3, 0.4) is 0 Å². The minimum absolute atomic E-state index is 0.0479. The fraction of sp³-hybridized carbons (Fsp3) is 0.150. The van der Waals surface area contributed by atoms with E-state index in [2.05, 4.69) is 30.5 Å². The number of aromatic amines is 1. The Morgan fingerprint density at radius 1 is 1.22 bits per heavy atom. The number of nitrogens with zero attached hydrogens (tertiary/aromatic N) is 4. The van der Waals surface area contributed by atoms with E-state index >= 15 is 0 Å². The van der Waals surface area contributed by atoms with Gasteiger partial charge < -0.3 is 20.2 Å². The number of hydrogen-bond donors (Lipinski definition) is 4. The summed E-state index contributed by atoms with van der Waals surface area (Å²) >= 11 is 0. The molecule has 0 bridgehead atoms. The number of carbonyl (C=O) groups excluding carboxylic acids is 1. The molecule has 13 nitrogen and oxygen atoms in total. The molecule has 36 heavy (non-hydrogen) atoms. The fourth-order valence-electron chi connectivity index (χ4n) is 3.10. The molecule has 16 heteroatoms. The Kier molecular flexibility index (Phi) is 6.77. The summed E-state index contributed by atoms with van der Waals surface area (Å²) in [5.41, 5.74) is 5.67. The normalized spacial score (nSPS) is 12.3. The van der Waals surface area contributed by atoms with E-state index in [1.165, 1.54) is 49.2 Å². The molecule has 4 aromatic rings. The molecule has 0 aliphatic rings. The topological polar surface area (TPSA) is 191 Å². The predicted octanol–water partition coefficient (Wildman–Crippen LogP) is 2.80. The molecule has 0 radical (unpaired) electrons. The number of alkyl halides is 2. The number of rotatable bonds is 10. The van der Waals surface area contributed by atoms with E-state index in [4.69, 9.17) is 14.9 Å². The Labute approximate surface area is 202 Å². The molecule has 0 fully saturated rings. The summed E-state index contributed by atoms with van der Waals surface area (Å²) in [4.78, 5) is 24.2. The molecule has 0 spiro atoms. The smallest absolute Gasteiger partial charge is 0.355 e. The maximum absolute atomic E-state index is 13.0. The van der Waals surface area contributed by atoms with E-state index in [1.54, 1.807) is 11.6 Å². The lowest BCUT2D eigenvalue weighted by Gasteiger charge is -2.17. The molecule has 1 aromatic carbocycles. The molecule has 4 rings (SSSR count). The van der Waals surface area contributed by atoms with Gasteiger partial charge in [-0.05, 0) is 19.1 Å². The van der Waals surface area contributed by atoms with Gasteiger partial charge in [-0.3, -0.25) is 19.6 Å². The van der Waals surface area contributed by atoms with Crippen LogP contribution >= 0.6 is 0 Å². The van der Waals surface area contributed by atoms with Crippen LogP contribution < -0.4 is 20.5 Å². The molecule has 1 atom stereocenters. The Balaban J connectivity index is 1.75. The second kappa shape index (κ2) is 9.95. The molecule has 3 heterocycles. The number of carbonyl (C=O) groups is 1. The number of sulfonamides is 1. The molecule has 0 aliphatic heterocycles. The van der Waals surface area contributed by atoms with Gasteiger partial charge in [0.25, 0.3) is 15.9 Å². The molecule has 0 aliphatic carbocycles. The van der Waals surface area contributed by atoms with Crippen molar-refractivity contribution in [1.29, 1.82) is 0 Å². The molecule has 1 amide bonds. The number of anilines is 3. The van der Waals surface area contributed by atoms with Crippen molar-refractivity contribution in [3.8, 4) is 17.0 Å². The van der Waals surface area contributed by atoms with E-state index in [0.29, 0.717) is 5.82 Å². The number of nitrogens with two attached hydrogens (primary N) is 1. The van der Waals surface area contributed by atoms with E-state index < -0.39 is 27.8 Å². The number of H-pyrrole nitrogens is 1. The number of nitrogens with one attached hydrogen (secondary N) is 3. The quantitative estimate of drug-likeness (QED) is 0.242. The summed E-state index contributed by atoms with van der Waals surface area (Å²) in [6, 6.07) is 3.86. The van der Waals surface area contributed by atoms with Crippen molar-refractivity contribution in [3.63, 3.8) is 0 Å². The molecule has 0 unspecified atom stereocenters. The number of amides is 1. The van der Waals surface area contributed by atoms with Crippen LogP contribution in [0.15, 0.2) is 53.7 Å². The SMILES string of the molecule is C[C@H](Oc1cc(-c2[nH]nc(Nc3cnccn3)c2C(N)=O)ccc1NS(=O)(=O)C(F)F)c1ncco1. The van der Waals surface area contributed by atoms with Gasteiger partial charge in [0.2, 0.25) is 5.89 Å². The Hall–Kier alpha value is -4.60. The van der Waals surface area contributed by atoms with E-state index in [-0.39, 0.29) is 40.0 Å². The van der Waals surface area contributed by atoms with Crippen molar-refractivity contribution in [2.45, 2.75) is 18.8 Å². The lowest BCUT2D eigenvalue weighted by Crippen LogP contribution is -2.21. The lowest BCUT2D eigenvalue weighted by molar-refractivity contribution is 0.100. The predicted molar refractivity (Wildman–Crippen MR) is 122 cm³/mol. The number of primary amides is 1. The van der Waals surface area contributed by atoms with E-state index in [9.17, 15) is 22.0 Å². The van der Waals surface area contributed by atoms with Crippen LogP contribution in [0.4, 0.5) is 26.1 Å². The van der Waals surface area contributed by atoms with Crippen LogP contribution in [0.2, 0.25) is 0 Å². The molecule has 188 valence electrons. The summed E-state index contributed by atoms with van der Waals surface area (Å²) in [5, 5.41) is 9.56. The Morgan fingerprint density at radius 2 is 2.03 bits per heavy atom. The summed E-state index contributed by atoms with van der Waals surface area (Å²) < 4.78 is 62.3. The van der Waals surface area contributed by atoms with Crippen LogP contribution in [0.5, 0.6) is 5.75 Å². The highest BCUT2D eigenvalue weighted by atomic mass is 32.2. The van der Waals surface area contributed by atoms with Crippen LogP contribution in [-0.2, 0) is 10.0 Å². The number of halogens is 2. The fourth-order valence-corrected chi connectivity index (χ4v) is 3.66. The summed E-state index contributed by atoms with van der Waals surface area (Å²) in [6.45, 7) is 1.55. The highest BCUT2D eigenvalue weighted by Gasteiger charge is 2.27. The second-order valence-corrected chi connectivity index (χ2v) is 8.80. The number of oxazole rings is 1. The van der Waals surface area contributed by atoms with Gasteiger partial charge in [0.05, 0.1) is 23.8 Å². The van der Waals surface area contributed by atoms with Gasteiger partial charge in [0, 0.05) is 18.0 Å². The third-order valence-electron chi connectivity index (χ3n) is 4.68. The van der Waals surface area contributed by atoms with Crippen LogP contribution in [-0.4, -0.2) is 45.2 Å². The van der Waals surface area contributed by atoms with Gasteiger partial charge in [-0.15, -0.1) is 0 Å². The second-order valence-electron chi connectivity index (χ2n) is 7.15. The van der Waals surface area contributed by atoms with Crippen molar-refractivity contribution < 1.29 is 31.1 Å². The van der Waals surface area contributed by atoms with Gasteiger partial charge in [-0.25, -0.2) is 18.4 Å². The van der Waals surface area contributed by atoms with E-state index in [1.807, 2.05) is 0 Å². The van der Waals surface area contributed by atoms with Crippen molar-refractivity contribution in [3.05, 3.63) is 60.7 Å². The van der Waals surface area contributed by atoms with Crippen molar-refractivity contribution in [1.82, 2.24) is 25.1 Å². The minimum atomic E-state index is -5.01. The minimum Gasteiger partial charge on any atom is -0.479 e. The van der Waals surface area contributed by atoms with Crippen LogP contribution in [0.25, 0.3) is 11.3 Å². The maximum atomic E-state index is 13.0. The highest BCUT2D eigenvalue weighted by Crippen LogP contribution is 2.36. The van der Waals surface area contributed by atoms with Crippen LogP contribution in [0.1, 0.15) is 29.3 Å². The number of benzene rings is 1. The first-order chi connectivity index (χ1) is 17.2.